The zero-order valence-electron chi connectivity index (χ0n) is 10.5. The molecule has 0 aliphatic heterocycles. The fourth-order valence-corrected chi connectivity index (χ4v) is 1.46. The molecule has 2 N–H and O–H groups in total. The van der Waals surface area contributed by atoms with Gasteiger partial charge in [-0.25, -0.2) is 4.98 Å². The van der Waals surface area contributed by atoms with Crippen molar-refractivity contribution in [1.29, 1.82) is 0 Å². The number of rotatable bonds is 4. The van der Waals surface area contributed by atoms with E-state index in [0.717, 1.165) is 11.3 Å². The van der Waals surface area contributed by atoms with Gasteiger partial charge < -0.3 is 10.5 Å². The molecule has 1 aromatic heterocycles. The van der Waals surface area contributed by atoms with Crippen LogP contribution in [0.2, 0.25) is 0 Å². The standard InChI is InChI=1S/C15H14N2O2/c1-11-2-6-13(7-3-11)19-15-9-5-12(10-17-15)4-8-14(16)18/h2-10H,1H3,(H2,16,18)/b8-4-. The van der Waals surface area contributed by atoms with Crippen LogP contribution >= 0.6 is 0 Å². The van der Waals surface area contributed by atoms with Gasteiger partial charge in [0, 0.05) is 18.3 Å². The zero-order chi connectivity index (χ0) is 13.7. The van der Waals surface area contributed by atoms with Crippen molar-refractivity contribution in [2.24, 2.45) is 5.73 Å². The number of primary amides is 1. The van der Waals surface area contributed by atoms with Gasteiger partial charge in [-0.3, -0.25) is 4.79 Å². The molecule has 0 aliphatic carbocycles. The fraction of sp³-hybridized carbons (Fsp3) is 0.0667. The van der Waals surface area contributed by atoms with Crippen LogP contribution in [0.4, 0.5) is 0 Å². The normalized spacial score (nSPS) is 10.6. The topological polar surface area (TPSA) is 65.2 Å². The van der Waals surface area contributed by atoms with Crippen molar-refractivity contribution in [3.63, 3.8) is 0 Å². The summed E-state index contributed by atoms with van der Waals surface area (Å²) in [5.74, 6) is 0.749. The molecule has 0 spiro atoms. The Morgan fingerprint density at radius 1 is 1.21 bits per heavy atom. The van der Waals surface area contributed by atoms with Crippen molar-refractivity contribution in [2.75, 3.05) is 0 Å². The number of carbonyl (C=O) groups is 1. The molecule has 0 aliphatic rings. The lowest BCUT2D eigenvalue weighted by Gasteiger charge is -2.04. The Balaban J connectivity index is 2.06. The summed E-state index contributed by atoms with van der Waals surface area (Å²) >= 11 is 0. The van der Waals surface area contributed by atoms with Crippen LogP contribution in [0.3, 0.4) is 0 Å². The highest BCUT2D eigenvalue weighted by Crippen LogP contribution is 2.19. The molecule has 0 bridgehead atoms. The summed E-state index contributed by atoms with van der Waals surface area (Å²) in [6.07, 6.45) is 4.51. The lowest BCUT2D eigenvalue weighted by atomic mass is 10.2. The Kier molecular flexibility index (Phi) is 3.93. The number of hydrogen-bond donors (Lipinski definition) is 1. The number of amides is 1. The van der Waals surface area contributed by atoms with Crippen molar-refractivity contribution in [3.8, 4) is 11.6 Å². The molecule has 0 saturated heterocycles. The minimum absolute atomic E-state index is 0.486. The average Bonchev–Trinajstić information content (AvgIpc) is 2.40. The minimum Gasteiger partial charge on any atom is -0.439 e. The largest absolute Gasteiger partial charge is 0.439 e. The molecule has 1 amide bonds. The van der Waals surface area contributed by atoms with Crippen molar-refractivity contribution in [3.05, 3.63) is 59.8 Å². The van der Waals surface area contributed by atoms with Gasteiger partial charge in [0.25, 0.3) is 0 Å². The number of aromatic nitrogens is 1. The van der Waals surface area contributed by atoms with Gasteiger partial charge in [-0.2, -0.15) is 0 Å². The zero-order valence-corrected chi connectivity index (χ0v) is 10.5. The van der Waals surface area contributed by atoms with E-state index in [1.807, 2.05) is 31.2 Å². The van der Waals surface area contributed by atoms with E-state index in [1.165, 1.54) is 11.6 Å². The third-order valence-corrected chi connectivity index (χ3v) is 2.44. The molecule has 0 fully saturated rings. The number of nitrogens with zero attached hydrogens (tertiary/aromatic N) is 1. The summed E-state index contributed by atoms with van der Waals surface area (Å²) in [4.78, 5) is 14.7. The molecule has 4 nitrogen and oxygen atoms in total. The van der Waals surface area contributed by atoms with Crippen molar-refractivity contribution in [2.45, 2.75) is 6.92 Å². The smallest absolute Gasteiger partial charge is 0.241 e. The van der Waals surface area contributed by atoms with Crippen LogP contribution in [-0.2, 0) is 4.79 Å². The predicted molar refractivity (Wildman–Crippen MR) is 73.7 cm³/mol. The third kappa shape index (κ3) is 3.96. The van der Waals surface area contributed by atoms with Gasteiger partial charge in [0.1, 0.15) is 5.75 Å². The monoisotopic (exact) mass is 254 g/mol. The summed E-state index contributed by atoms with van der Waals surface area (Å²) in [5.41, 5.74) is 6.97. The van der Waals surface area contributed by atoms with Gasteiger partial charge >= 0.3 is 0 Å². The van der Waals surface area contributed by atoms with Crippen molar-refractivity contribution >= 4 is 12.0 Å². The van der Waals surface area contributed by atoms with E-state index >= 15 is 0 Å². The molecule has 2 aromatic rings. The number of hydrogen-bond acceptors (Lipinski definition) is 3. The number of aryl methyl sites for hydroxylation is 1. The van der Waals surface area contributed by atoms with Gasteiger partial charge in [-0.15, -0.1) is 0 Å². The van der Waals surface area contributed by atoms with Crippen LogP contribution < -0.4 is 10.5 Å². The average molecular weight is 254 g/mol. The van der Waals surface area contributed by atoms with E-state index in [4.69, 9.17) is 10.5 Å². The number of pyridine rings is 1. The molecule has 0 radical (unpaired) electrons. The molecule has 0 unspecified atom stereocenters. The van der Waals surface area contributed by atoms with Gasteiger partial charge in [0.15, 0.2) is 0 Å². The number of benzene rings is 1. The Bertz CT molecular complexity index is 587. The molecule has 96 valence electrons. The highest BCUT2D eigenvalue weighted by molar-refractivity contribution is 5.90. The Morgan fingerprint density at radius 2 is 1.95 bits per heavy atom. The first-order valence-corrected chi connectivity index (χ1v) is 5.81. The van der Waals surface area contributed by atoms with Gasteiger partial charge in [-0.1, -0.05) is 17.7 Å². The first-order chi connectivity index (χ1) is 9.13. The first-order valence-electron chi connectivity index (χ1n) is 5.81. The second-order valence-electron chi connectivity index (χ2n) is 4.08. The molecule has 1 heterocycles. The van der Waals surface area contributed by atoms with E-state index < -0.39 is 5.91 Å². The van der Waals surface area contributed by atoms with Crippen LogP contribution in [-0.4, -0.2) is 10.9 Å². The van der Waals surface area contributed by atoms with E-state index in [0.29, 0.717) is 5.88 Å². The van der Waals surface area contributed by atoms with Crippen LogP contribution in [0.1, 0.15) is 11.1 Å². The number of ether oxygens (including phenoxy) is 1. The first kappa shape index (κ1) is 12.8. The molecule has 1 aromatic carbocycles. The third-order valence-electron chi connectivity index (χ3n) is 2.44. The lowest BCUT2D eigenvalue weighted by molar-refractivity contribution is -0.113. The highest BCUT2D eigenvalue weighted by Gasteiger charge is 1.98. The second-order valence-corrected chi connectivity index (χ2v) is 4.08. The van der Waals surface area contributed by atoms with Gasteiger partial charge in [0.05, 0.1) is 0 Å². The molecular weight excluding hydrogens is 240 g/mol. The number of nitrogens with two attached hydrogens (primary N) is 1. The SMILES string of the molecule is Cc1ccc(Oc2ccc(/C=C\C(N)=O)cn2)cc1. The lowest BCUT2D eigenvalue weighted by Crippen LogP contribution is -2.05. The van der Waals surface area contributed by atoms with Crippen LogP contribution in [0.5, 0.6) is 11.6 Å². The summed E-state index contributed by atoms with van der Waals surface area (Å²) in [6, 6.07) is 11.3. The summed E-state index contributed by atoms with van der Waals surface area (Å²) in [6.45, 7) is 2.02. The van der Waals surface area contributed by atoms with E-state index in [2.05, 4.69) is 4.98 Å². The highest BCUT2D eigenvalue weighted by atomic mass is 16.5. The Hall–Kier alpha value is -2.62. The Morgan fingerprint density at radius 3 is 2.53 bits per heavy atom. The van der Waals surface area contributed by atoms with Gasteiger partial charge in [0.2, 0.25) is 11.8 Å². The van der Waals surface area contributed by atoms with Crippen molar-refractivity contribution < 1.29 is 9.53 Å². The maximum absolute atomic E-state index is 10.6. The van der Waals surface area contributed by atoms with E-state index in [1.54, 1.807) is 24.4 Å². The summed E-state index contributed by atoms with van der Waals surface area (Å²) in [7, 11) is 0. The van der Waals surface area contributed by atoms with Gasteiger partial charge in [-0.05, 0) is 36.8 Å². The molecule has 2 rings (SSSR count). The van der Waals surface area contributed by atoms with Crippen molar-refractivity contribution in [1.82, 2.24) is 4.98 Å². The molecular formula is C15H14N2O2. The Labute approximate surface area is 111 Å². The molecule has 4 heteroatoms. The molecule has 0 saturated carbocycles. The van der Waals surface area contributed by atoms with Crippen LogP contribution in [0.25, 0.3) is 6.08 Å². The van der Waals surface area contributed by atoms with Crippen LogP contribution in [0.15, 0.2) is 48.7 Å². The quantitative estimate of drug-likeness (QED) is 0.853. The van der Waals surface area contributed by atoms with E-state index in [9.17, 15) is 4.79 Å². The predicted octanol–water partition coefficient (Wildman–Crippen LogP) is 2.68. The maximum atomic E-state index is 10.6. The molecule has 19 heavy (non-hydrogen) atoms. The summed E-state index contributed by atoms with van der Waals surface area (Å²) < 4.78 is 5.59. The summed E-state index contributed by atoms with van der Waals surface area (Å²) in [5, 5.41) is 0. The maximum Gasteiger partial charge on any atom is 0.241 e. The minimum atomic E-state index is -0.486. The van der Waals surface area contributed by atoms with E-state index in [-0.39, 0.29) is 0 Å². The fourth-order valence-electron chi connectivity index (χ4n) is 1.46. The second kappa shape index (κ2) is 5.82. The number of carbonyl (C=O) groups excluding carboxylic acids is 1. The molecule has 0 atom stereocenters. The van der Waals surface area contributed by atoms with Crippen LogP contribution in [0, 0.1) is 6.92 Å².